The summed E-state index contributed by atoms with van der Waals surface area (Å²) in [7, 11) is 0. The largest absolute Gasteiger partial charge is 0.481 e. The van der Waals surface area contributed by atoms with Crippen molar-refractivity contribution in [2.45, 2.75) is 31.8 Å². The number of nitrogens with one attached hydrogen (secondary N) is 2. The van der Waals surface area contributed by atoms with Crippen molar-refractivity contribution in [1.29, 1.82) is 0 Å². The Morgan fingerprint density at radius 1 is 1.40 bits per heavy atom. The fourth-order valence-corrected chi connectivity index (χ4v) is 2.52. The molecule has 4 nitrogen and oxygen atoms in total. The fraction of sp³-hybridized carbons (Fsp3) is 0.400. The van der Waals surface area contributed by atoms with Crippen molar-refractivity contribution in [3.8, 4) is 5.75 Å². The number of allylic oxidation sites excluding steroid dienone is 1. The lowest BCUT2D eigenvalue weighted by Gasteiger charge is -2.22. The minimum atomic E-state index is -0.307. The number of hydrogen-bond donors (Lipinski definition) is 2. The summed E-state index contributed by atoms with van der Waals surface area (Å²) < 4.78 is 19.2. The van der Waals surface area contributed by atoms with E-state index < -0.39 is 0 Å². The molecule has 1 aromatic rings. The van der Waals surface area contributed by atoms with Crippen LogP contribution in [-0.2, 0) is 11.3 Å². The van der Waals surface area contributed by atoms with Crippen LogP contribution in [-0.4, -0.2) is 18.6 Å². The van der Waals surface area contributed by atoms with E-state index in [0.29, 0.717) is 29.6 Å². The number of anilines is 1. The van der Waals surface area contributed by atoms with Crippen molar-refractivity contribution >= 4 is 11.6 Å². The van der Waals surface area contributed by atoms with Gasteiger partial charge in [-0.25, -0.2) is 4.39 Å². The van der Waals surface area contributed by atoms with E-state index in [0.717, 1.165) is 19.3 Å². The van der Waals surface area contributed by atoms with Crippen molar-refractivity contribution in [2.75, 3.05) is 11.9 Å². The number of amides is 1. The van der Waals surface area contributed by atoms with Gasteiger partial charge < -0.3 is 15.4 Å². The van der Waals surface area contributed by atoms with E-state index >= 15 is 0 Å². The molecule has 0 bridgehead atoms. The van der Waals surface area contributed by atoms with Crippen LogP contribution in [0.25, 0.3) is 0 Å². The molecular formula is C15H17FN2O2. The normalized spacial score (nSPS) is 21.1. The Hall–Kier alpha value is -1.88. The third-order valence-corrected chi connectivity index (χ3v) is 3.63. The van der Waals surface area contributed by atoms with E-state index in [-0.39, 0.29) is 18.3 Å². The molecule has 2 N–H and O–H groups in total. The molecule has 0 saturated heterocycles. The zero-order valence-electron chi connectivity index (χ0n) is 11.1. The second kappa shape index (κ2) is 5.63. The van der Waals surface area contributed by atoms with Gasteiger partial charge in [0.15, 0.2) is 6.61 Å². The first-order valence-electron chi connectivity index (χ1n) is 6.86. The van der Waals surface area contributed by atoms with Crippen LogP contribution in [0.1, 0.15) is 24.8 Å². The summed E-state index contributed by atoms with van der Waals surface area (Å²) in [5, 5.41) is 6.05. The topological polar surface area (TPSA) is 50.4 Å². The van der Waals surface area contributed by atoms with E-state index in [2.05, 4.69) is 22.8 Å². The van der Waals surface area contributed by atoms with E-state index in [9.17, 15) is 9.18 Å². The van der Waals surface area contributed by atoms with Gasteiger partial charge in [-0.3, -0.25) is 4.79 Å². The summed E-state index contributed by atoms with van der Waals surface area (Å²) in [6.07, 6.45) is 7.44. The van der Waals surface area contributed by atoms with Crippen LogP contribution in [0.5, 0.6) is 5.75 Å². The number of halogens is 1. The molecule has 2 aliphatic rings. The molecule has 0 aromatic heterocycles. The van der Waals surface area contributed by atoms with E-state index in [1.165, 1.54) is 6.07 Å². The van der Waals surface area contributed by atoms with Crippen LogP contribution in [0.3, 0.4) is 0 Å². The van der Waals surface area contributed by atoms with E-state index in [1.807, 2.05) is 0 Å². The maximum absolute atomic E-state index is 14.0. The first kappa shape index (κ1) is 13.1. The molecule has 0 radical (unpaired) electrons. The molecule has 20 heavy (non-hydrogen) atoms. The van der Waals surface area contributed by atoms with Gasteiger partial charge in [-0.15, -0.1) is 0 Å². The third-order valence-electron chi connectivity index (χ3n) is 3.63. The zero-order valence-corrected chi connectivity index (χ0v) is 11.1. The van der Waals surface area contributed by atoms with Crippen molar-refractivity contribution < 1.29 is 13.9 Å². The van der Waals surface area contributed by atoms with Crippen LogP contribution < -0.4 is 15.4 Å². The minimum Gasteiger partial charge on any atom is -0.481 e. The summed E-state index contributed by atoms with van der Waals surface area (Å²) in [4.78, 5) is 11.3. The van der Waals surface area contributed by atoms with Gasteiger partial charge in [0.2, 0.25) is 0 Å². The Morgan fingerprint density at radius 3 is 3.10 bits per heavy atom. The Labute approximate surface area is 117 Å². The third kappa shape index (κ3) is 2.82. The predicted molar refractivity (Wildman–Crippen MR) is 74.1 cm³/mol. The maximum Gasteiger partial charge on any atom is 0.262 e. The molecule has 1 aliphatic carbocycles. The highest BCUT2D eigenvalue weighted by molar-refractivity contribution is 5.95. The van der Waals surface area contributed by atoms with Gasteiger partial charge in [-0.05, 0) is 25.3 Å². The summed E-state index contributed by atoms with van der Waals surface area (Å²) in [5.74, 6) is -0.120. The number of rotatable bonds is 3. The fourth-order valence-electron chi connectivity index (χ4n) is 2.52. The van der Waals surface area contributed by atoms with Crippen molar-refractivity contribution in [2.24, 2.45) is 0 Å². The first-order valence-corrected chi connectivity index (χ1v) is 6.86. The second-order valence-corrected chi connectivity index (χ2v) is 5.14. The smallest absolute Gasteiger partial charge is 0.262 e. The molecule has 1 aliphatic heterocycles. The molecule has 0 fully saturated rings. The molecule has 1 unspecified atom stereocenters. The Balaban J connectivity index is 1.71. The lowest BCUT2D eigenvalue weighted by atomic mass is 10.0. The highest BCUT2D eigenvalue weighted by Gasteiger charge is 2.19. The summed E-state index contributed by atoms with van der Waals surface area (Å²) in [5.41, 5.74) is 1.09. The van der Waals surface area contributed by atoms with Gasteiger partial charge in [-0.2, -0.15) is 0 Å². The maximum atomic E-state index is 14.0. The Kier molecular flexibility index (Phi) is 3.69. The number of benzene rings is 1. The molecular weight excluding hydrogens is 259 g/mol. The van der Waals surface area contributed by atoms with E-state index in [1.54, 1.807) is 6.07 Å². The molecule has 1 aromatic carbocycles. The van der Waals surface area contributed by atoms with Crippen molar-refractivity contribution in [3.63, 3.8) is 0 Å². The Bertz CT molecular complexity index is 557. The van der Waals surface area contributed by atoms with E-state index in [4.69, 9.17) is 4.74 Å². The number of hydrogen-bond acceptors (Lipinski definition) is 3. The van der Waals surface area contributed by atoms with Crippen LogP contribution in [0.15, 0.2) is 24.3 Å². The van der Waals surface area contributed by atoms with Gasteiger partial charge in [0.25, 0.3) is 5.91 Å². The number of ether oxygens (including phenoxy) is 1. The summed E-state index contributed by atoms with van der Waals surface area (Å²) >= 11 is 0. The molecule has 0 saturated carbocycles. The molecule has 1 atom stereocenters. The van der Waals surface area contributed by atoms with Gasteiger partial charge in [-0.1, -0.05) is 12.2 Å². The average molecular weight is 276 g/mol. The van der Waals surface area contributed by atoms with Gasteiger partial charge in [0.05, 0.1) is 5.69 Å². The molecule has 106 valence electrons. The zero-order chi connectivity index (χ0) is 13.9. The molecule has 1 heterocycles. The summed E-state index contributed by atoms with van der Waals surface area (Å²) in [6, 6.07) is 3.38. The van der Waals surface area contributed by atoms with Gasteiger partial charge >= 0.3 is 0 Å². The lowest BCUT2D eigenvalue weighted by Crippen LogP contribution is -2.30. The Morgan fingerprint density at radius 2 is 2.30 bits per heavy atom. The van der Waals surface area contributed by atoms with Crippen molar-refractivity contribution in [1.82, 2.24) is 5.32 Å². The monoisotopic (exact) mass is 276 g/mol. The number of carbonyl (C=O) groups is 1. The SMILES string of the molecule is O=C1COc2cc(F)c(CNC3CC=CCC3)cc2N1. The summed E-state index contributed by atoms with van der Waals surface area (Å²) in [6.45, 7) is 0.395. The molecule has 3 rings (SSSR count). The van der Waals surface area contributed by atoms with Crippen LogP contribution in [0, 0.1) is 5.82 Å². The predicted octanol–water partition coefficient (Wildman–Crippen LogP) is 2.35. The highest BCUT2D eigenvalue weighted by atomic mass is 19.1. The molecule has 0 spiro atoms. The van der Waals surface area contributed by atoms with Crippen LogP contribution >= 0.6 is 0 Å². The quantitative estimate of drug-likeness (QED) is 0.833. The first-order chi connectivity index (χ1) is 9.72. The van der Waals surface area contributed by atoms with Crippen molar-refractivity contribution in [3.05, 3.63) is 35.7 Å². The number of carbonyl (C=O) groups excluding carboxylic acids is 1. The van der Waals surface area contributed by atoms with Crippen LogP contribution in [0.2, 0.25) is 0 Å². The van der Waals surface area contributed by atoms with Crippen LogP contribution in [0.4, 0.5) is 10.1 Å². The highest BCUT2D eigenvalue weighted by Crippen LogP contribution is 2.30. The minimum absolute atomic E-state index is 0.0571. The standard InChI is InChI=1S/C15H17FN2O2/c16-12-7-14-13(18-15(19)9-20-14)6-10(12)8-17-11-4-2-1-3-5-11/h1-2,6-7,11,17H,3-5,8-9H2,(H,18,19). The average Bonchev–Trinajstić information content (AvgIpc) is 2.46. The van der Waals surface area contributed by atoms with Gasteiger partial charge in [0, 0.05) is 24.2 Å². The lowest BCUT2D eigenvalue weighted by molar-refractivity contribution is -0.118. The molecule has 1 amide bonds. The number of fused-ring (bicyclic) bond motifs is 1. The molecule has 5 heteroatoms. The second-order valence-electron chi connectivity index (χ2n) is 5.14. The van der Waals surface area contributed by atoms with Gasteiger partial charge in [0.1, 0.15) is 11.6 Å².